The Morgan fingerprint density at radius 2 is 1.75 bits per heavy atom. The molecule has 24 heavy (non-hydrogen) atoms. The van der Waals surface area contributed by atoms with Crippen LogP contribution in [0.3, 0.4) is 0 Å². The molecule has 2 aromatic carbocycles. The van der Waals surface area contributed by atoms with E-state index in [0.29, 0.717) is 0 Å². The highest BCUT2D eigenvalue weighted by atomic mass is 32.2. The Morgan fingerprint density at radius 1 is 1.00 bits per heavy atom. The number of carbonyl (C=O) groups is 1. The van der Waals surface area contributed by atoms with Gasteiger partial charge in [-0.3, -0.25) is 4.79 Å². The summed E-state index contributed by atoms with van der Waals surface area (Å²) >= 11 is 1.60. The summed E-state index contributed by atoms with van der Waals surface area (Å²) in [6.45, 7) is 0.138. The molecule has 3 rings (SSSR count). The van der Waals surface area contributed by atoms with Gasteiger partial charge in [-0.1, -0.05) is 42.1 Å². The molecule has 0 aliphatic rings. The number of amides is 1. The van der Waals surface area contributed by atoms with Gasteiger partial charge >= 0.3 is 0 Å². The van der Waals surface area contributed by atoms with Crippen molar-refractivity contribution in [1.82, 2.24) is 0 Å². The normalized spacial score (nSPS) is 10.3. The van der Waals surface area contributed by atoms with Gasteiger partial charge in [0, 0.05) is 15.9 Å². The van der Waals surface area contributed by atoms with E-state index in [1.54, 1.807) is 34.7 Å². The van der Waals surface area contributed by atoms with Crippen LogP contribution in [-0.2, 0) is 11.3 Å². The van der Waals surface area contributed by atoms with Gasteiger partial charge in [0.1, 0.15) is 0 Å². The first-order valence-electron chi connectivity index (χ1n) is 7.50. The van der Waals surface area contributed by atoms with Gasteiger partial charge in [-0.25, -0.2) is 0 Å². The number of para-hydroxylation sites is 1. The topological polar surface area (TPSA) is 53.2 Å². The zero-order valence-electron chi connectivity index (χ0n) is 12.9. The van der Waals surface area contributed by atoms with Crippen LogP contribution in [0.2, 0.25) is 0 Å². The highest BCUT2D eigenvalue weighted by Crippen LogP contribution is 2.33. The standard InChI is InChI=1S/C19H16N2O2S/c22-15-7-6-12-21(13-15)14-19(23)20-17-10-4-5-11-18(17)24-16-8-2-1-3-9-16/h1-13H,14H2,(H-,20,22,23)/p+1. The molecular formula is C19H17N2O2S+. The van der Waals surface area contributed by atoms with Crippen LogP contribution in [0, 0.1) is 0 Å². The van der Waals surface area contributed by atoms with E-state index in [1.807, 2.05) is 54.6 Å². The maximum absolute atomic E-state index is 12.3. The predicted molar refractivity (Wildman–Crippen MR) is 93.9 cm³/mol. The number of nitrogens with zero attached hydrogens (tertiary/aromatic N) is 1. The molecule has 5 heteroatoms. The Labute approximate surface area is 144 Å². The zero-order chi connectivity index (χ0) is 16.8. The van der Waals surface area contributed by atoms with Crippen molar-refractivity contribution in [1.29, 1.82) is 0 Å². The SMILES string of the molecule is O=C(C[n+]1cccc(O)c1)Nc1ccccc1Sc1ccccc1. The Morgan fingerprint density at radius 3 is 2.54 bits per heavy atom. The van der Waals surface area contributed by atoms with Crippen LogP contribution in [0.5, 0.6) is 5.75 Å². The van der Waals surface area contributed by atoms with Gasteiger partial charge < -0.3 is 10.4 Å². The second-order valence-corrected chi connectivity index (χ2v) is 6.31. The van der Waals surface area contributed by atoms with Crippen LogP contribution in [0.25, 0.3) is 0 Å². The molecule has 0 aliphatic heterocycles. The molecule has 120 valence electrons. The minimum absolute atomic E-state index is 0.130. The molecule has 4 nitrogen and oxygen atoms in total. The lowest BCUT2D eigenvalue weighted by Crippen LogP contribution is -2.39. The number of benzene rings is 2. The summed E-state index contributed by atoms with van der Waals surface area (Å²) in [5.74, 6) is -0.0166. The monoisotopic (exact) mass is 337 g/mol. The summed E-state index contributed by atoms with van der Waals surface area (Å²) in [4.78, 5) is 14.4. The van der Waals surface area contributed by atoms with Gasteiger partial charge in [0.2, 0.25) is 12.7 Å². The van der Waals surface area contributed by atoms with Gasteiger partial charge in [-0.05, 0) is 30.3 Å². The number of pyridine rings is 1. The number of hydrogen-bond donors (Lipinski definition) is 2. The first-order chi connectivity index (χ1) is 11.7. The molecule has 0 aliphatic carbocycles. The molecule has 0 saturated heterocycles. The van der Waals surface area contributed by atoms with Crippen LogP contribution in [-0.4, -0.2) is 11.0 Å². The van der Waals surface area contributed by atoms with Gasteiger partial charge in [0.15, 0.2) is 11.9 Å². The van der Waals surface area contributed by atoms with Crippen molar-refractivity contribution in [3.05, 3.63) is 79.1 Å². The van der Waals surface area contributed by atoms with Crippen LogP contribution in [0.15, 0.2) is 88.9 Å². The second-order valence-electron chi connectivity index (χ2n) is 5.19. The lowest BCUT2D eigenvalue weighted by Gasteiger charge is -2.09. The summed E-state index contributed by atoms with van der Waals surface area (Å²) in [6, 6.07) is 21.0. The van der Waals surface area contributed by atoms with Crippen molar-refractivity contribution in [3.8, 4) is 5.75 Å². The summed E-state index contributed by atoms with van der Waals surface area (Å²) in [7, 11) is 0. The quantitative estimate of drug-likeness (QED) is 0.701. The molecule has 1 heterocycles. The maximum atomic E-state index is 12.3. The molecule has 0 saturated carbocycles. The van der Waals surface area contributed by atoms with E-state index in [-0.39, 0.29) is 18.2 Å². The molecule has 0 spiro atoms. The van der Waals surface area contributed by atoms with E-state index >= 15 is 0 Å². The van der Waals surface area contributed by atoms with E-state index in [4.69, 9.17) is 0 Å². The number of aromatic hydroxyl groups is 1. The largest absolute Gasteiger partial charge is 0.503 e. The van der Waals surface area contributed by atoms with Crippen LogP contribution >= 0.6 is 11.8 Å². The average Bonchev–Trinajstić information content (AvgIpc) is 2.57. The van der Waals surface area contributed by atoms with Crippen LogP contribution in [0.1, 0.15) is 0 Å². The van der Waals surface area contributed by atoms with Crippen molar-refractivity contribution in [2.45, 2.75) is 16.3 Å². The molecule has 0 radical (unpaired) electrons. The van der Waals surface area contributed by atoms with Gasteiger partial charge in [-0.2, -0.15) is 4.57 Å². The van der Waals surface area contributed by atoms with Crippen molar-refractivity contribution in [3.63, 3.8) is 0 Å². The van der Waals surface area contributed by atoms with E-state index in [1.165, 1.54) is 6.20 Å². The van der Waals surface area contributed by atoms with Crippen molar-refractivity contribution < 1.29 is 14.5 Å². The fraction of sp³-hybridized carbons (Fsp3) is 0.0526. The molecule has 0 fully saturated rings. The van der Waals surface area contributed by atoms with Crippen molar-refractivity contribution in [2.75, 3.05) is 5.32 Å². The number of nitrogens with one attached hydrogen (secondary N) is 1. The average molecular weight is 337 g/mol. The van der Waals surface area contributed by atoms with Crippen LogP contribution in [0.4, 0.5) is 5.69 Å². The molecular weight excluding hydrogens is 320 g/mol. The summed E-state index contributed by atoms with van der Waals surface area (Å²) < 4.78 is 1.64. The fourth-order valence-electron chi connectivity index (χ4n) is 2.24. The highest BCUT2D eigenvalue weighted by Gasteiger charge is 2.12. The van der Waals surface area contributed by atoms with Gasteiger partial charge in [-0.15, -0.1) is 0 Å². The molecule has 0 unspecified atom stereocenters. The van der Waals surface area contributed by atoms with E-state index in [0.717, 1.165) is 15.5 Å². The third kappa shape index (κ3) is 4.36. The number of carbonyl (C=O) groups excluding carboxylic acids is 1. The minimum Gasteiger partial charge on any atom is -0.503 e. The number of aromatic nitrogens is 1. The van der Waals surface area contributed by atoms with Crippen LogP contribution < -0.4 is 9.88 Å². The lowest BCUT2D eigenvalue weighted by molar-refractivity contribution is -0.684. The first-order valence-corrected chi connectivity index (χ1v) is 8.32. The fourth-order valence-corrected chi connectivity index (χ4v) is 3.16. The molecule has 0 bridgehead atoms. The smallest absolute Gasteiger partial charge is 0.290 e. The Kier molecular flexibility index (Phi) is 5.13. The highest BCUT2D eigenvalue weighted by molar-refractivity contribution is 7.99. The minimum atomic E-state index is -0.147. The van der Waals surface area contributed by atoms with Crippen molar-refractivity contribution >= 4 is 23.4 Å². The molecule has 2 N–H and O–H groups in total. The Balaban J connectivity index is 1.72. The third-order valence-electron chi connectivity index (χ3n) is 3.30. The molecule has 1 amide bonds. The van der Waals surface area contributed by atoms with E-state index in [9.17, 15) is 9.90 Å². The number of anilines is 1. The second kappa shape index (κ2) is 7.66. The Bertz CT molecular complexity index is 838. The molecule has 0 atom stereocenters. The van der Waals surface area contributed by atoms with E-state index in [2.05, 4.69) is 5.32 Å². The first kappa shape index (κ1) is 16.1. The number of rotatable bonds is 5. The summed E-state index contributed by atoms with van der Waals surface area (Å²) in [5.41, 5.74) is 0.775. The molecule has 1 aromatic heterocycles. The summed E-state index contributed by atoms with van der Waals surface area (Å²) in [5, 5.41) is 12.4. The summed E-state index contributed by atoms with van der Waals surface area (Å²) in [6.07, 6.45) is 3.26. The van der Waals surface area contributed by atoms with Gasteiger partial charge in [0.25, 0.3) is 5.91 Å². The van der Waals surface area contributed by atoms with Crippen molar-refractivity contribution in [2.24, 2.45) is 0 Å². The Hall–Kier alpha value is -2.79. The molecule has 3 aromatic rings. The maximum Gasteiger partial charge on any atom is 0.290 e. The van der Waals surface area contributed by atoms with Gasteiger partial charge in [0.05, 0.1) is 5.69 Å². The number of hydrogen-bond acceptors (Lipinski definition) is 3. The van der Waals surface area contributed by atoms with E-state index < -0.39 is 0 Å². The lowest BCUT2D eigenvalue weighted by atomic mass is 10.3. The predicted octanol–water partition coefficient (Wildman–Crippen LogP) is 3.47. The zero-order valence-corrected chi connectivity index (χ0v) is 13.7. The third-order valence-corrected chi connectivity index (χ3v) is 4.38.